The highest BCUT2D eigenvalue weighted by molar-refractivity contribution is 6.17. The van der Waals surface area contributed by atoms with Crippen LogP contribution in [-0.4, -0.2) is 21.3 Å². The van der Waals surface area contributed by atoms with E-state index in [-0.39, 0.29) is 18.7 Å². The maximum atomic E-state index is 11.5. The van der Waals surface area contributed by atoms with E-state index in [2.05, 4.69) is 4.98 Å². The van der Waals surface area contributed by atoms with Gasteiger partial charge >= 0.3 is 5.69 Å². The zero-order valence-corrected chi connectivity index (χ0v) is 9.29. The molecule has 0 aromatic carbocycles. The maximum absolute atomic E-state index is 11.5. The van der Waals surface area contributed by atoms with Gasteiger partial charge in [0.15, 0.2) is 0 Å². The third-order valence-electron chi connectivity index (χ3n) is 1.96. The van der Waals surface area contributed by atoms with Crippen molar-refractivity contribution in [1.82, 2.24) is 9.55 Å². The molecule has 0 fully saturated rings. The van der Waals surface area contributed by atoms with Crippen molar-refractivity contribution in [3.63, 3.8) is 0 Å². The molecule has 0 spiro atoms. The minimum absolute atomic E-state index is 0.152. The molecule has 1 aromatic rings. The minimum Gasteiger partial charge on any atom is -0.369 e. The topological polar surface area (TPSA) is 97.9 Å². The fourth-order valence-electron chi connectivity index (χ4n) is 1.28. The van der Waals surface area contributed by atoms with E-state index in [1.165, 1.54) is 6.07 Å². The summed E-state index contributed by atoms with van der Waals surface area (Å²) >= 11 is 5.47. The number of aromatic amines is 1. The Bertz CT molecular complexity index is 460. The highest BCUT2D eigenvalue weighted by atomic mass is 35.5. The second-order valence-corrected chi connectivity index (χ2v) is 3.65. The third kappa shape index (κ3) is 3.23. The zero-order chi connectivity index (χ0) is 12.1. The fourth-order valence-corrected chi connectivity index (χ4v) is 1.40. The number of carbonyl (C=O) groups excluding carboxylic acids is 1. The lowest BCUT2D eigenvalue weighted by Crippen LogP contribution is -2.36. The van der Waals surface area contributed by atoms with E-state index in [1.807, 2.05) is 0 Å². The van der Waals surface area contributed by atoms with E-state index in [9.17, 15) is 14.4 Å². The molecule has 3 N–H and O–H groups in total. The van der Waals surface area contributed by atoms with E-state index in [4.69, 9.17) is 17.3 Å². The number of nitrogens with zero attached hydrogens (tertiary/aromatic N) is 1. The van der Waals surface area contributed by atoms with Crippen LogP contribution in [0.5, 0.6) is 0 Å². The van der Waals surface area contributed by atoms with Crippen LogP contribution in [0.2, 0.25) is 0 Å². The first-order valence-corrected chi connectivity index (χ1v) is 5.25. The van der Waals surface area contributed by atoms with Gasteiger partial charge in [0.1, 0.15) is 0 Å². The number of aromatic nitrogens is 2. The van der Waals surface area contributed by atoms with Crippen LogP contribution in [0.4, 0.5) is 0 Å². The predicted molar refractivity (Wildman–Crippen MR) is 59.6 cm³/mol. The van der Waals surface area contributed by atoms with Crippen molar-refractivity contribution < 1.29 is 4.79 Å². The number of halogens is 1. The Morgan fingerprint density at radius 1 is 1.50 bits per heavy atom. The first kappa shape index (κ1) is 12.5. The summed E-state index contributed by atoms with van der Waals surface area (Å²) in [4.78, 5) is 36.0. The first-order chi connectivity index (χ1) is 7.54. The quantitative estimate of drug-likeness (QED) is 0.664. The van der Waals surface area contributed by atoms with Gasteiger partial charge in [0, 0.05) is 24.2 Å². The third-order valence-corrected chi connectivity index (χ3v) is 2.22. The molecular formula is C9H12ClN3O3. The van der Waals surface area contributed by atoms with Crippen LogP contribution in [0.3, 0.4) is 0 Å². The van der Waals surface area contributed by atoms with E-state index in [0.717, 1.165) is 4.57 Å². The number of amides is 1. The summed E-state index contributed by atoms with van der Waals surface area (Å²) in [7, 11) is 0. The van der Waals surface area contributed by atoms with E-state index < -0.39 is 17.2 Å². The van der Waals surface area contributed by atoms with E-state index in [1.54, 1.807) is 0 Å². The fraction of sp³-hybridized carbons (Fsp3) is 0.444. The Labute approximate surface area is 96.0 Å². The molecule has 0 atom stereocenters. The lowest BCUT2D eigenvalue weighted by atomic mass is 10.3. The second kappa shape index (κ2) is 5.50. The SMILES string of the molecule is NC(=O)Cc1cc(=O)n(CCCCl)c(=O)[nH]1. The first-order valence-electron chi connectivity index (χ1n) is 4.72. The Morgan fingerprint density at radius 2 is 2.19 bits per heavy atom. The van der Waals surface area contributed by atoms with Crippen LogP contribution in [0, 0.1) is 0 Å². The molecule has 0 saturated heterocycles. The summed E-state index contributed by atoms with van der Waals surface area (Å²) in [5.41, 5.74) is 4.18. The Morgan fingerprint density at radius 3 is 2.69 bits per heavy atom. The molecule has 16 heavy (non-hydrogen) atoms. The van der Waals surface area contributed by atoms with Gasteiger partial charge in [0.05, 0.1) is 6.42 Å². The van der Waals surface area contributed by atoms with Crippen molar-refractivity contribution in [3.05, 3.63) is 32.6 Å². The summed E-state index contributed by atoms with van der Waals surface area (Å²) < 4.78 is 1.03. The average molecular weight is 246 g/mol. The minimum atomic E-state index is -0.603. The lowest BCUT2D eigenvalue weighted by Gasteiger charge is -2.04. The van der Waals surface area contributed by atoms with Crippen molar-refractivity contribution in [3.8, 4) is 0 Å². The van der Waals surface area contributed by atoms with Gasteiger partial charge in [0.2, 0.25) is 5.91 Å². The van der Waals surface area contributed by atoms with Crippen LogP contribution in [0.1, 0.15) is 12.1 Å². The van der Waals surface area contributed by atoms with Crippen molar-refractivity contribution in [2.45, 2.75) is 19.4 Å². The number of carbonyl (C=O) groups is 1. The highest BCUT2D eigenvalue weighted by Crippen LogP contribution is 1.90. The summed E-state index contributed by atoms with van der Waals surface area (Å²) in [6.45, 7) is 0.258. The molecule has 0 aliphatic carbocycles. The van der Waals surface area contributed by atoms with Crippen molar-refractivity contribution in [1.29, 1.82) is 0 Å². The highest BCUT2D eigenvalue weighted by Gasteiger charge is 2.05. The zero-order valence-electron chi connectivity index (χ0n) is 8.53. The Balaban J connectivity index is 3.03. The van der Waals surface area contributed by atoms with E-state index >= 15 is 0 Å². The summed E-state index contributed by atoms with van der Waals surface area (Å²) in [5.74, 6) is -0.233. The van der Waals surface area contributed by atoms with Crippen LogP contribution in [0.25, 0.3) is 0 Å². The van der Waals surface area contributed by atoms with Crippen LogP contribution >= 0.6 is 11.6 Å². The summed E-state index contributed by atoms with van der Waals surface area (Å²) in [6.07, 6.45) is 0.376. The predicted octanol–water partition coefficient (Wildman–Crippen LogP) is -0.807. The second-order valence-electron chi connectivity index (χ2n) is 3.28. The largest absolute Gasteiger partial charge is 0.369 e. The number of alkyl halides is 1. The number of nitrogens with one attached hydrogen (secondary N) is 1. The number of nitrogens with two attached hydrogens (primary N) is 1. The van der Waals surface area contributed by atoms with Gasteiger partial charge in [-0.3, -0.25) is 14.2 Å². The number of primary amides is 1. The van der Waals surface area contributed by atoms with Crippen LogP contribution in [-0.2, 0) is 17.8 Å². The standard InChI is InChI=1S/C9H12ClN3O3/c10-2-1-3-13-8(15)5-6(4-7(11)14)12-9(13)16/h5H,1-4H2,(H2,11,14)(H,12,16). The molecule has 0 radical (unpaired) electrons. The molecule has 7 heteroatoms. The van der Waals surface area contributed by atoms with Crippen molar-refractivity contribution in [2.75, 3.05) is 5.88 Å². The Hall–Kier alpha value is -1.56. The lowest BCUT2D eigenvalue weighted by molar-refractivity contribution is -0.117. The molecule has 1 aromatic heterocycles. The van der Waals surface area contributed by atoms with Crippen LogP contribution in [0.15, 0.2) is 15.7 Å². The van der Waals surface area contributed by atoms with Gasteiger partial charge in [0.25, 0.3) is 5.56 Å². The van der Waals surface area contributed by atoms with Gasteiger partial charge in [-0.1, -0.05) is 0 Å². The number of hydrogen-bond donors (Lipinski definition) is 2. The van der Waals surface area contributed by atoms with Gasteiger partial charge in [-0.25, -0.2) is 4.79 Å². The molecule has 0 aliphatic heterocycles. The van der Waals surface area contributed by atoms with E-state index in [0.29, 0.717) is 12.3 Å². The molecule has 1 heterocycles. The Kier molecular flexibility index (Phi) is 4.30. The summed E-state index contributed by atoms with van der Waals surface area (Å²) in [6, 6.07) is 1.19. The summed E-state index contributed by atoms with van der Waals surface area (Å²) in [5, 5.41) is 0. The number of hydrogen-bond acceptors (Lipinski definition) is 3. The maximum Gasteiger partial charge on any atom is 0.328 e. The molecular weight excluding hydrogens is 234 g/mol. The molecule has 0 unspecified atom stereocenters. The number of H-pyrrole nitrogens is 1. The molecule has 1 amide bonds. The molecule has 1 rings (SSSR count). The van der Waals surface area contributed by atoms with Gasteiger partial charge in [-0.15, -0.1) is 11.6 Å². The average Bonchev–Trinajstić information content (AvgIpc) is 2.15. The van der Waals surface area contributed by atoms with Gasteiger partial charge in [-0.2, -0.15) is 0 Å². The van der Waals surface area contributed by atoms with Crippen molar-refractivity contribution in [2.24, 2.45) is 5.73 Å². The van der Waals surface area contributed by atoms with Gasteiger partial charge in [-0.05, 0) is 6.42 Å². The molecule has 0 bridgehead atoms. The molecule has 0 saturated carbocycles. The smallest absolute Gasteiger partial charge is 0.328 e. The molecule has 88 valence electrons. The molecule has 6 nitrogen and oxygen atoms in total. The van der Waals surface area contributed by atoms with Crippen molar-refractivity contribution >= 4 is 17.5 Å². The molecule has 0 aliphatic rings. The normalized spacial score (nSPS) is 10.3. The van der Waals surface area contributed by atoms with Gasteiger partial charge < -0.3 is 10.7 Å². The number of rotatable bonds is 5. The van der Waals surface area contributed by atoms with Crippen LogP contribution < -0.4 is 17.0 Å². The monoisotopic (exact) mass is 245 g/mol.